The van der Waals surface area contributed by atoms with E-state index in [1.54, 1.807) is 4.90 Å². The highest BCUT2D eigenvalue weighted by Crippen LogP contribution is 2.18. The lowest BCUT2D eigenvalue weighted by Gasteiger charge is -2.24. The van der Waals surface area contributed by atoms with Gasteiger partial charge in [-0.15, -0.1) is 0 Å². The Morgan fingerprint density at radius 1 is 1.17 bits per heavy atom. The molecule has 0 saturated carbocycles. The van der Waals surface area contributed by atoms with Crippen LogP contribution in [0.25, 0.3) is 0 Å². The summed E-state index contributed by atoms with van der Waals surface area (Å²) in [5.74, 6) is 1.04. The molecule has 1 atom stereocenters. The van der Waals surface area contributed by atoms with Gasteiger partial charge in [-0.2, -0.15) is 0 Å². The van der Waals surface area contributed by atoms with Gasteiger partial charge in [0.2, 0.25) is 5.91 Å². The number of rotatable bonds is 5. The molecule has 0 aliphatic carbocycles. The van der Waals surface area contributed by atoms with Gasteiger partial charge in [0.25, 0.3) is 5.24 Å². The number of hydrogen-bond donors (Lipinski definition) is 0. The van der Waals surface area contributed by atoms with Gasteiger partial charge in [-0.25, -0.2) is 0 Å². The van der Waals surface area contributed by atoms with Crippen LogP contribution in [0, 0.1) is 0 Å². The van der Waals surface area contributed by atoms with Gasteiger partial charge in [-0.3, -0.25) is 14.5 Å². The predicted molar refractivity (Wildman–Crippen MR) is 90.7 cm³/mol. The van der Waals surface area contributed by atoms with E-state index in [2.05, 4.69) is 4.90 Å². The first-order valence-corrected chi connectivity index (χ1v) is 9.74. The van der Waals surface area contributed by atoms with Crippen molar-refractivity contribution in [2.45, 2.75) is 31.8 Å². The second kappa shape index (κ2) is 8.35. The minimum atomic E-state index is 0.122. The highest BCUT2D eigenvalue weighted by Gasteiger charge is 2.25. The lowest BCUT2D eigenvalue weighted by Crippen LogP contribution is -2.38. The largest absolute Gasteiger partial charge is 0.377 e. The SMILES string of the molecule is O=C(CCN1CCSC1=O)N1CCCN(CC2CCCO2)CC1. The van der Waals surface area contributed by atoms with Crippen LogP contribution in [-0.2, 0) is 9.53 Å². The van der Waals surface area contributed by atoms with Gasteiger partial charge in [-0.1, -0.05) is 11.8 Å². The summed E-state index contributed by atoms with van der Waals surface area (Å²) in [4.78, 5) is 30.2. The Balaban J connectivity index is 1.39. The van der Waals surface area contributed by atoms with E-state index < -0.39 is 0 Å². The smallest absolute Gasteiger partial charge is 0.281 e. The zero-order valence-corrected chi connectivity index (χ0v) is 14.6. The van der Waals surface area contributed by atoms with Gasteiger partial charge >= 0.3 is 0 Å². The second-order valence-electron chi connectivity index (χ2n) is 6.52. The molecule has 0 radical (unpaired) electrons. The van der Waals surface area contributed by atoms with Crippen LogP contribution in [0.3, 0.4) is 0 Å². The van der Waals surface area contributed by atoms with E-state index in [1.165, 1.54) is 24.6 Å². The van der Waals surface area contributed by atoms with Gasteiger partial charge < -0.3 is 14.5 Å². The Kier molecular flexibility index (Phi) is 6.19. The molecule has 0 N–H and O–H groups in total. The molecule has 7 heteroatoms. The van der Waals surface area contributed by atoms with E-state index >= 15 is 0 Å². The lowest BCUT2D eigenvalue weighted by molar-refractivity contribution is -0.131. The normalized spacial score (nSPS) is 26.8. The highest BCUT2D eigenvalue weighted by molar-refractivity contribution is 8.13. The maximum atomic E-state index is 12.4. The molecule has 1 unspecified atom stereocenters. The van der Waals surface area contributed by atoms with Crippen molar-refractivity contribution in [3.63, 3.8) is 0 Å². The summed E-state index contributed by atoms with van der Waals surface area (Å²) in [5, 5.41) is 0.122. The summed E-state index contributed by atoms with van der Waals surface area (Å²) in [6, 6.07) is 0. The Hall–Kier alpha value is -0.790. The van der Waals surface area contributed by atoms with Crippen molar-refractivity contribution in [2.75, 3.05) is 58.2 Å². The average Bonchev–Trinajstić information content (AvgIpc) is 3.13. The molecule has 0 aromatic heterocycles. The van der Waals surface area contributed by atoms with Crippen molar-refractivity contribution < 1.29 is 14.3 Å². The molecule has 3 heterocycles. The van der Waals surface area contributed by atoms with Crippen molar-refractivity contribution >= 4 is 22.9 Å². The van der Waals surface area contributed by atoms with Crippen LogP contribution in [0.4, 0.5) is 4.79 Å². The van der Waals surface area contributed by atoms with Crippen molar-refractivity contribution in [3.05, 3.63) is 0 Å². The van der Waals surface area contributed by atoms with E-state index in [1.807, 2.05) is 4.90 Å². The molecule has 6 nitrogen and oxygen atoms in total. The first kappa shape index (κ1) is 17.0. The number of ether oxygens (including phenoxy) is 1. The van der Waals surface area contributed by atoms with Gasteiger partial charge in [0.15, 0.2) is 0 Å². The quantitative estimate of drug-likeness (QED) is 0.753. The average molecular weight is 341 g/mol. The highest BCUT2D eigenvalue weighted by atomic mass is 32.2. The minimum absolute atomic E-state index is 0.122. The Morgan fingerprint density at radius 3 is 2.83 bits per heavy atom. The van der Waals surface area contributed by atoms with E-state index in [4.69, 9.17) is 4.74 Å². The number of hydrogen-bond acceptors (Lipinski definition) is 5. The number of thioether (sulfide) groups is 1. The minimum Gasteiger partial charge on any atom is -0.377 e. The van der Waals surface area contributed by atoms with Gasteiger partial charge in [0.05, 0.1) is 6.10 Å². The Bertz CT molecular complexity index is 429. The zero-order chi connectivity index (χ0) is 16.1. The molecule has 2 amide bonds. The zero-order valence-electron chi connectivity index (χ0n) is 13.7. The fourth-order valence-corrected chi connectivity index (χ4v) is 4.35. The second-order valence-corrected chi connectivity index (χ2v) is 7.57. The van der Waals surface area contributed by atoms with Crippen LogP contribution in [0.5, 0.6) is 0 Å². The first-order valence-electron chi connectivity index (χ1n) is 8.76. The Morgan fingerprint density at radius 2 is 2.09 bits per heavy atom. The third-order valence-electron chi connectivity index (χ3n) is 4.87. The summed E-state index contributed by atoms with van der Waals surface area (Å²) in [6.45, 7) is 6.87. The van der Waals surface area contributed by atoms with Crippen LogP contribution in [0.15, 0.2) is 0 Å². The number of nitrogens with zero attached hydrogens (tertiary/aromatic N) is 3. The summed E-state index contributed by atoms with van der Waals surface area (Å²) in [7, 11) is 0. The third-order valence-corrected chi connectivity index (χ3v) is 5.76. The number of amides is 2. The summed E-state index contributed by atoms with van der Waals surface area (Å²) in [5.41, 5.74) is 0. The molecule has 0 spiro atoms. The van der Waals surface area contributed by atoms with Crippen LogP contribution in [0.1, 0.15) is 25.7 Å². The van der Waals surface area contributed by atoms with Crippen molar-refractivity contribution in [2.24, 2.45) is 0 Å². The van der Waals surface area contributed by atoms with E-state index in [0.717, 1.165) is 58.0 Å². The molecule has 0 aromatic rings. The van der Waals surface area contributed by atoms with E-state index in [-0.39, 0.29) is 11.1 Å². The van der Waals surface area contributed by atoms with E-state index in [0.29, 0.717) is 19.1 Å². The van der Waals surface area contributed by atoms with Crippen molar-refractivity contribution in [3.8, 4) is 0 Å². The Labute approximate surface area is 142 Å². The van der Waals surface area contributed by atoms with Crippen LogP contribution in [0.2, 0.25) is 0 Å². The molecule has 0 bridgehead atoms. The monoisotopic (exact) mass is 341 g/mol. The lowest BCUT2D eigenvalue weighted by atomic mass is 10.2. The fraction of sp³-hybridized carbons (Fsp3) is 0.875. The molecule has 3 rings (SSSR count). The molecular formula is C16H27N3O3S. The molecule has 3 aliphatic rings. The maximum absolute atomic E-state index is 12.4. The van der Waals surface area contributed by atoms with Crippen LogP contribution >= 0.6 is 11.8 Å². The molecule has 3 fully saturated rings. The standard InChI is InChI=1S/C16H27N3O3S/c20-15(4-7-19-10-12-23-16(19)21)18-6-2-5-17(8-9-18)13-14-3-1-11-22-14/h14H,1-13H2. The fourth-order valence-electron chi connectivity index (χ4n) is 3.50. The topological polar surface area (TPSA) is 53.1 Å². The van der Waals surface area contributed by atoms with Crippen molar-refractivity contribution in [1.29, 1.82) is 0 Å². The van der Waals surface area contributed by atoms with Crippen LogP contribution < -0.4 is 0 Å². The third kappa shape index (κ3) is 4.84. The predicted octanol–water partition coefficient (Wildman–Crippen LogP) is 1.26. The van der Waals surface area contributed by atoms with Gasteiger partial charge in [-0.05, 0) is 25.8 Å². The summed E-state index contributed by atoms with van der Waals surface area (Å²) in [6.07, 6.45) is 4.21. The molecule has 3 aliphatic heterocycles. The molecule has 23 heavy (non-hydrogen) atoms. The number of carbonyl (C=O) groups excluding carboxylic acids is 2. The molecular weight excluding hydrogens is 314 g/mol. The van der Waals surface area contributed by atoms with Gasteiger partial charge in [0, 0.05) is 58.0 Å². The molecule has 3 saturated heterocycles. The van der Waals surface area contributed by atoms with E-state index in [9.17, 15) is 9.59 Å². The summed E-state index contributed by atoms with van der Waals surface area (Å²) >= 11 is 1.35. The molecule has 0 aromatic carbocycles. The van der Waals surface area contributed by atoms with Gasteiger partial charge in [0.1, 0.15) is 0 Å². The first-order chi connectivity index (χ1) is 11.2. The molecule has 130 valence electrons. The maximum Gasteiger partial charge on any atom is 0.281 e. The van der Waals surface area contributed by atoms with Crippen LogP contribution in [-0.4, -0.2) is 90.1 Å². The number of carbonyl (C=O) groups is 2. The van der Waals surface area contributed by atoms with Crippen molar-refractivity contribution in [1.82, 2.24) is 14.7 Å². The summed E-state index contributed by atoms with van der Waals surface area (Å²) < 4.78 is 5.71.